The van der Waals surface area contributed by atoms with E-state index in [9.17, 15) is 4.79 Å². The van der Waals surface area contributed by atoms with Crippen molar-refractivity contribution < 1.29 is 9.90 Å². The molecule has 0 atom stereocenters. The van der Waals surface area contributed by atoms with Gasteiger partial charge in [-0.3, -0.25) is 0 Å². The maximum atomic E-state index is 10.6. The van der Waals surface area contributed by atoms with E-state index in [2.05, 4.69) is 35.8 Å². The van der Waals surface area contributed by atoms with E-state index in [-0.39, 0.29) is 0 Å². The third kappa shape index (κ3) is 2.45. The molecular formula is C15H17NO2. The molecule has 0 spiro atoms. The van der Waals surface area contributed by atoms with Crippen molar-refractivity contribution in [3.8, 4) is 0 Å². The molecular weight excluding hydrogens is 226 g/mol. The SMILES string of the molecule is CCc1cccc2ccn(CC(C)=CC(=O)O)c12. The molecule has 2 aromatic rings. The summed E-state index contributed by atoms with van der Waals surface area (Å²) in [6.07, 6.45) is 4.26. The number of aryl methyl sites for hydroxylation is 1. The zero-order valence-electron chi connectivity index (χ0n) is 10.7. The average Bonchev–Trinajstić information content (AvgIpc) is 2.71. The first-order valence-electron chi connectivity index (χ1n) is 6.08. The molecule has 94 valence electrons. The summed E-state index contributed by atoms with van der Waals surface area (Å²) >= 11 is 0. The van der Waals surface area contributed by atoms with Crippen LogP contribution < -0.4 is 0 Å². The van der Waals surface area contributed by atoms with Gasteiger partial charge in [-0.25, -0.2) is 4.79 Å². The molecule has 0 amide bonds. The van der Waals surface area contributed by atoms with Crippen LogP contribution in [0.4, 0.5) is 0 Å². The maximum absolute atomic E-state index is 10.6. The lowest BCUT2D eigenvalue weighted by molar-refractivity contribution is -0.131. The van der Waals surface area contributed by atoms with Gasteiger partial charge in [-0.15, -0.1) is 0 Å². The molecule has 0 bridgehead atoms. The molecule has 0 aliphatic rings. The fourth-order valence-corrected chi connectivity index (χ4v) is 2.28. The molecule has 0 fully saturated rings. The summed E-state index contributed by atoms with van der Waals surface area (Å²) in [5.41, 5.74) is 3.34. The lowest BCUT2D eigenvalue weighted by atomic mass is 10.1. The second-order valence-corrected chi connectivity index (χ2v) is 4.48. The molecule has 0 radical (unpaired) electrons. The van der Waals surface area contributed by atoms with Crippen LogP contribution in [-0.4, -0.2) is 15.6 Å². The normalized spacial score (nSPS) is 12.0. The van der Waals surface area contributed by atoms with E-state index in [1.165, 1.54) is 22.5 Å². The van der Waals surface area contributed by atoms with Gasteiger partial charge >= 0.3 is 5.97 Å². The van der Waals surface area contributed by atoms with Crippen molar-refractivity contribution in [3.05, 3.63) is 47.7 Å². The van der Waals surface area contributed by atoms with Crippen LogP contribution in [0.3, 0.4) is 0 Å². The number of nitrogens with zero attached hydrogens (tertiary/aromatic N) is 1. The van der Waals surface area contributed by atoms with Crippen LogP contribution in [0.1, 0.15) is 19.4 Å². The quantitative estimate of drug-likeness (QED) is 0.838. The number of carbonyl (C=O) groups is 1. The molecule has 0 aliphatic carbocycles. The number of carboxylic acids is 1. The second kappa shape index (κ2) is 5.08. The molecule has 3 heteroatoms. The second-order valence-electron chi connectivity index (χ2n) is 4.48. The smallest absolute Gasteiger partial charge is 0.328 e. The summed E-state index contributed by atoms with van der Waals surface area (Å²) in [6, 6.07) is 8.34. The van der Waals surface area contributed by atoms with Gasteiger partial charge in [0.1, 0.15) is 0 Å². The van der Waals surface area contributed by atoms with Crippen LogP contribution in [-0.2, 0) is 17.8 Å². The van der Waals surface area contributed by atoms with Gasteiger partial charge in [0, 0.05) is 18.8 Å². The van der Waals surface area contributed by atoms with Crippen molar-refractivity contribution in [2.75, 3.05) is 0 Å². The Morgan fingerprint density at radius 3 is 2.83 bits per heavy atom. The van der Waals surface area contributed by atoms with Crippen LogP contribution in [0.2, 0.25) is 0 Å². The predicted octanol–water partition coefficient (Wildman–Crippen LogP) is 3.23. The van der Waals surface area contributed by atoms with Crippen LogP contribution >= 0.6 is 0 Å². The van der Waals surface area contributed by atoms with Gasteiger partial charge in [-0.2, -0.15) is 0 Å². The Morgan fingerprint density at radius 2 is 2.17 bits per heavy atom. The van der Waals surface area contributed by atoms with Crippen LogP contribution in [0.15, 0.2) is 42.1 Å². The molecule has 0 unspecified atom stereocenters. The standard InChI is InChI=1S/C15H17NO2/c1-3-12-5-4-6-13-7-8-16(15(12)13)10-11(2)9-14(17)18/h4-9H,3,10H2,1-2H3,(H,17,18). The van der Waals surface area contributed by atoms with E-state index in [1.54, 1.807) is 0 Å². The zero-order chi connectivity index (χ0) is 13.1. The minimum absolute atomic E-state index is 0.618. The van der Waals surface area contributed by atoms with Gasteiger partial charge in [-0.1, -0.05) is 25.1 Å². The number of benzene rings is 1. The number of rotatable bonds is 4. The van der Waals surface area contributed by atoms with Crippen LogP contribution in [0, 0.1) is 0 Å². The maximum Gasteiger partial charge on any atom is 0.328 e. The van der Waals surface area contributed by atoms with E-state index >= 15 is 0 Å². The monoisotopic (exact) mass is 243 g/mol. The first kappa shape index (κ1) is 12.4. The van der Waals surface area contributed by atoms with Crippen molar-refractivity contribution in [3.63, 3.8) is 0 Å². The Balaban J connectivity index is 2.43. The molecule has 3 nitrogen and oxygen atoms in total. The molecule has 18 heavy (non-hydrogen) atoms. The Labute approximate surface area is 106 Å². The van der Waals surface area contributed by atoms with Crippen LogP contribution in [0.25, 0.3) is 10.9 Å². The number of fused-ring (bicyclic) bond motifs is 1. The van der Waals surface area contributed by atoms with Gasteiger partial charge in [-0.05, 0) is 35.9 Å². The Bertz CT molecular complexity index is 608. The van der Waals surface area contributed by atoms with E-state index in [0.29, 0.717) is 6.54 Å². The highest BCUT2D eigenvalue weighted by molar-refractivity contribution is 5.84. The highest BCUT2D eigenvalue weighted by Gasteiger charge is 2.06. The molecule has 0 saturated carbocycles. The first-order valence-corrected chi connectivity index (χ1v) is 6.08. The van der Waals surface area contributed by atoms with Crippen LogP contribution in [0.5, 0.6) is 0 Å². The predicted molar refractivity (Wildman–Crippen MR) is 72.7 cm³/mol. The number of carboxylic acid groups (broad SMARTS) is 1. The third-order valence-corrected chi connectivity index (χ3v) is 3.04. The van der Waals surface area contributed by atoms with Crippen molar-refractivity contribution in [2.24, 2.45) is 0 Å². The first-order chi connectivity index (χ1) is 8.61. The number of para-hydroxylation sites is 1. The fraction of sp³-hybridized carbons (Fsp3) is 0.267. The molecule has 0 saturated heterocycles. The number of aliphatic carboxylic acids is 1. The van der Waals surface area contributed by atoms with Gasteiger partial charge < -0.3 is 9.67 Å². The zero-order valence-corrected chi connectivity index (χ0v) is 10.7. The molecule has 1 N–H and O–H groups in total. The fourth-order valence-electron chi connectivity index (χ4n) is 2.28. The molecule has 2 rings (SSSR count). The van der Waals surface area contributed by atoms with Gasteiger partial charge in [0.25, 0.3) is 0 Å². The summed E-state index contributed by atoms with van der Waals surface area (Å²) in [5.74, 6) is -0.889. The van der Waals surface area contributed by atoms with Crippen molar-refractivity contribution in [1.29, 1.82) is 0 Å². The van der Waals surface area contributed by atoms with Crippen molar-refractivity contribution in [1.82, 2.24) is 4.57 Å². The van der Waals surface area contributed by atoms with Gasteiger partial charge in [0.15, 0.2) is 0 Å². The Kier molecular flexibility index (Phi) is 3.51. The topological polar surface area (TPSA) is 42.2 Å². The van der Waals surface area contributed by atoms with Gasteiger partial charge in [0.05, 0.1) is 5.52 Å². The largest absolute Gasteiger partial charge is 0.478 e. The minimum atomic E-state index is -0.889. The molecule has 1 aromatic heterocycles. The highest BCUT2D eigenvalue weighted by atomic mass is 16.4. The summed E-state index contributed by atoms with van der Waals surface area (Å²) in [5, 5.41) is 9.95. The summed E-state index contributed by atoms with van der Waals surface area (Å²) in [4.78, 5) is 10.6. The summed E-state index contributed by atoms with van der Waals surface area (Å²) < 4.78 is 2.11. The van der Waals surface area contributed by atoms with Crippen molar-refractivity contribution in [2.45, 2.75) is 26.8 Å². The Hall–Kier alpha value is -2.03. The third-order valence-electron chi connectivity index (χ3n) is 3.04. The summed E-state index contributed by atoms with van der Waals surface area (Å²) in [6.45, 7) is 4.59. The molecule has 1 aromatic carbocycles. The van der Waals surface area contributed by atoms with E-state index in [1.807, 2.05) is 13.1 Å². The van der Waals surface area contributed by atoms with E-state index < -0.39 is 5.97 Å². The van der Waals surface area contributed by atoms with E-state index in [0.717, 1.165) is 12.0 Å². The van der Waals surface area contributed by atoms with Gasteiger partial charge in [0.2, 0.25) is 0 Å². The number of allylic oxidation sites excluding steroid dienone is 1. The minimum Gasteiger partial charge on any atom is -0.478 e. The number of aromatic nitrogens is 1. The Morgan fingerprint density at radius 1 is 1.39 bits per heavy atom. The lowest BCUT2D eigenvalue weighted by Gasteiger charge is -2.08. The number of hydrogen-bond acceptors (Lipinski definition) is 1. The lowest BCUT2D eigenvalue weighted by Crippen LogP contribution is -2.01. The number of hydrogen-bond donors (Lipinski definition) is 1. The van der Waals surface area contributed by atoms with Crippen molar-refractivity contribution >= 4 is 16.9 Å². The summed E-state index contributed by atoms with van der Waals surface area (Å²) in [7, 11) is 0. The molecule has 0 aliphatic heterocycles. The average molecular weight is 243 g/mol. The highest BCUT2D eigenvalue weighted by Crippen LogP contribution is 2.21. The molecule has 1 heterocycles. The van der Waals surface area contributed by atoms with E-state index in [4.69, 9.17) is 5.11 Å².